The molecule has 2 N–H and O–H groups in total. The standard InChI is InChI=1S/C22H19N3O5S/c1-11-6-4-5-7-15(11)24-19(26)18-12(2)17-20(31-18)23-13(3)25(21(17)27)10-14-8-9-16(30-14)22(28)29/h4-9H,10H2,1-3H3,(H,24,26)(H,28,29). The van der Waals surface area contributed by atoms with Gasteiger partial charge in [-0.3, -0.25) is 14.2 Å². The van der Waals surface area contributed by atoms with Gasteiger partial charge in [-0.1, -0.05) is 18.2 Å². The molecule has 0 aliphatic rings. The number of thiophene rings is 1. The summed E-state index contributed by atoms with van der Waals surface area (Å²) in [5, 5.41) is 12.3. The van der Waals surface area contributed by atoms with E-state index in [0.717, 1.165) is 5.56 Å². The molecule has 0 unspecified atom stereocenters. The maximum atomic E-state index is 13.2. The minimum atomic E-state index is -1.18. The van der Waals surface area contributed by atoms with Gasteiger partial charge in [0.05, 0.1) is 16.8 Å². The normalized spacial score (nSPS) is 11.1. The number of nitrogens with one attached hydrogen (secondary N) is 1. The van der Waals surface area contributed by atoms with Crippen LogP contribution in [0.25, 0.3) is 10.2 Å². The molecule has 9 heteroatoms. The summed E-state index contributed by atoms with van der Waals surface area (Å²) in [6.07, 6.45) is 0. The number of hydrogen-bond donors (Lipinski definition) is 2. The van der Waals surface area contributed by atoms with Gasteiger partial charge in [0.25, 0.3) is 11.5 Å². The topological polar surface area (TPSA) is 114 Å². The molecule has 0 saturated carbocycles. The van der Waals surface area contributed by atoms with Gasteiger partial charge in [-0.25, -0.2) is 9.78 Å². The van der Waals surface area contributed by atoms with Crippen molar-refractivity contribution in [3.05, 3.63) is 80.1 Å². The van der Waals surface area contributed by atoms with E-state index in [1.807, 2.05) is 31.2 Å². The monoisotopic (exact) mass is 437 g/mol. The first-order valence-corrected chi connectivity index (χ1v) is 10.3. The van der Waals surface area contributed by atoms with Crippen LogP contribution in [0.2, 0.25) is 0 Å². The lowest BCUT2D eigenvalue weighted by Crippen LogP contribution is -2.24. The third-order valence-corrected chi connectivity index (χ3v) is 6.21. The van der Waals surface area contributed by atoms with Crippen molar-refractivity contribution in [3.63, 3.8) is 0 Å². The average molecular weight is 437 g/mol. The van der Waals surface area contributed by atoms with Crippen LogP contribution in [0.1, 0.15) is 42.9 Å². The maximum Gasteiger partial charge on any atom is 0.371 e. The number of carbonyl (C=O) groups is 2. The van der Waals surface area contributed by atoms with Crippen LogP contribution < -0.4 is 10.9 Å². The van der Waals surface area contributed by atoms with E-state index in [-0.39, 0.29) is 23.8 Å². The van der Waals surface area contributed by atoms with Crippen LogP contribution in [0.3, 0.4) is 0 Å². The molecule has 3 aromatic heterocycles. The van der Waals surface area contributed by atoms with Crippen molar-refractivity contribution in [2.45, 2.75) is 27.3 Å². The zero-order chi connectivity index (χ0) is 22.3. The fourth-order valence-electron chi connectivity index (χ4n) is 3.35. The molecule has 3 heterocycles. The second kappa shape index (κ2) is 7.84. The van der Waals surface area contributed by atoms with E-state index in [1.54, 1.807) is 13.8 Å². The third-order valence-electron chi connectivity index (χ3n) is 5.03. The van der Waals surface area contributed by atoms with Crippen LogP contribution in [0.5, 0.6) is 0 Å². The quantitative estimate of drug-likeness (QED) is 0.488. The molecule has 4 aromatic rings. The SMILES string of the molecule is Cc1ccccc1NC(=O)c1sc2nc(C)n(Cc3ccc(C(=O)O)o3)c(=O)c2c1C. The van der Waals surface area contributed by atoms with Crippen LogP contribution in [0, 0.1) is 20.8 Å². The van der Waals surface area contributed by atoms with Crippen molar-refractivity contribution in [1.29, 1.82) is 0 Å². The number of rotatable bonds is 5. The van der Waals surface area contributed by atoms with Gasteiger partial charge in [0, 0.05) is 5.69 Å². The summed E-state index contributed by atoms with van der Waals surface area (Å²) in [6, 6.07) is 10.3. The van der Waals surface area contributed by atoms with Gasteiger partial charge in [0.2, 0.25) is 5.76 Å². The summed E-state index contributed by atoms with van der Waals surface area (Å²) >= 11 is 1.17. The van der Waals surface area contributed by atoms with E-state index in [2.05, 4.69) is 10.3 Å². The Morgan fingerprint density at radius 2 is 1.90 bits per heavy atom. The lowest BCUT2D eigenvalue weighted by Gasteiger charge is -2.08. The number of amides is 1. The minimum Gasteiger partial charge on any atom is -0.475 e. The highest BCUT2D eigenvalue weighted by molar-refractivity contribution is 7.20. The highest BCUT2D eigenvalue weighted by Crippen LogP contribution is 2.29. The van der Waals surface area contributed by atoms with E-state index in [1.165, 1.54) is 28.0 Å². The molecular weight excluding hydrogens is 418 g/mol. The van der Waals surface area contributed by atoms with Gasteiger partial charge in [-0.2, -0.15) is 0 Å². The third kappa shape index (κ3) is 3.75. The molecule has 158 valence electrons. The first-order valence-electron chi connectivity index (χ1n) is 9.45. The smallest absolute Gasteiger partial charge is 0.371 e. The molecule has 0 fully saturated rings. The lowest BCUT2D eigenvalue weighted by atomic mass is 10.1. The molecule has 1 aromatic carbocycles. The number of anilines is 1. The Labute approximate surface area is 180 Å². The molecule has 31 heavy (non-hydrogen) atoms. The molecule has 0 aliphatic heterocycles. The Morgan fingerprint density at radius 3 is 2.58 bits per heavy atom. The van der Waals surface area contributed by atoms with Crippen molar-refractivity contribution < 1.29 is 19.1 Å². The number of fused-ring (bicyclic) bond motifs is 1. The second-order valence-electron chi connectivity index (χ2n) is 7.13. The van der Waals surface area contributed by atoms with Crippen molar-refractivity contribution in [1.82, 2.24) is 9.55 Å². The lowest BCUT2D eigenvalue weighted by molar-refractivity contribution is 0.0660. The van der Waals surface area contributed by atoms with Crippen molar-refractivity contribution in [2.75, 3.05) is 5.32 Å². The zero-order valence-electron chi connectivity index (χ0n) is 17.1. The fraction of sp³-hybridized carbons (Fsp3) is 0.182. The molecule has 0 aliphatic carbocycles. The van der Waals surface area contributed by atoms with Gasteiger partial charge in [-0.05, 0) is 50.1 Å². The molecule has 0 atom stereocenters. The van der Waals surface area contributed by atoms with Gasteiger partial charge < -0.3 is 14.8 Å². The largest absolute Gasteiger partial charge is 0.475 e. The first-order chi connectivity index (χ1) is 14.8. The predicted molar refractivity (Wildman–Crippen MR) is 117 cm³/mol. The molecular formula is C22H19N3O5S. The van der Waals surface area contributed by atoms with Crippen LogP contribution >= 0.6 is 11.3 Å². The molecule has 8 nitrogen and oxygen atoms in total. The molecule has 4 rings (SSSR count). The number of benzene rings is 1. The van der Waals surface area contributed by atoms with Crippen LogP contribution in [0.15, 0.2) is 45.6 Å². The molecule has 0 bridgehead atoms. The minimum absolute atomic E-state index is 0.0426. The van der Waals surface area contributed by atoms with Crippen LogP contribution in [-0.4, -0.2) is 26.5 Å². The van der Waals surface area contributed by atoms with Gasteiger partial charge in [0.1, 0.15) is 16.4 Å². The fourth-order valence-corrected chi connectivity index (χ4v) is 4.46. The van der Waals surface area contributed by atoms with E-state index in [4.69, 9.17) is 9.52 Å². The van der Waals surface area contributed by atoms with Crippen molar-refractivity contribution in [2.24, 2.45) is 0 Å². The Kier molecular flexibility index (Phi) is 5.20. The number of para-hydroxylation sites is 1. The number of aryl methyl sites for hydroxylation is 3. The van der Waals surface area contributed by atoms with E-state index in [9.17, 15) is 14.4 Å². The Bertz CT molecular complexity index is 1400. The van der Waals surface area contributed by atoms with Gasteiger partial charge in [0.15, 0.2) is 0 Å². The van der Waals surface area contributed by atoms with E-state index < -0.39 is 5.97 Å². The summed E-state index contributed by atoms with van der Waals surface area (Å²) in [5.74, 6) is -0.902. The van der Waals surface area contributed by atoms with E-state index >= 15 is 0 Å². The molecule has 0 spiro atoms. The summed E-state index contributed by atoms with van der Waals surface area (Å²) in [4.78, 5) is 42.5. The number of hydrogen-bond acceptors (Lipinski definition) is 6. The first kappa shape index (κ1) is 20.5. The molecule has 1 amide bonds. The second-order valence-corrected chi connectivity index (χ2v) is 8.13. The summed E-state index contributed by atoms with van der Waals surface area (Å²) in [7, 11) is 0. The maximum absolute atomic E-state index is 13.2. The Balaban J connectivity index is 1.73. The summed E-state index contributed by atoms with van der Waals surface area (Å²) < 4.78 is 6.69. The van der Waals surface area contributed by atoms with Gasteiger partial charge in [-0.15, -0.1) is 11.3 Å². The number of carboxylic acid groups (broad SMARTS) is 1. The van der Waals surface area contributed by atoms with Crippen LogP contribution in [0.4, 0.5) is 5.69 Å². The number of aromatic carboxylic acids is 1. The summed E-state index contributed by atoms with van der Waals surface area (Å²) in [5.41, 5.74) is 1.89. The zero-order valence-corrected chi connectivity index (χ0v) is 17.9. The van der Waals surface area contributed by atoms with Crippen molar-refractivity contribution >= 4 is 39.1 Å². The van der Waals surface area contributed by atoms with Gasteiger partial charge >= 0.3 is 5.97 Å². The Hall–Kier alpha value is -3.72. The van der Waals surface area contributed by atoms with Crippen LogP contribution in [-0.2, 0) is 6.54 Å². The number of furan rings is 1. The number of aromatic nitrogens is 2. The molecule has 0 saturated heterocycles. The number of carboxylic acids is 1. The predicted octanol–water partition coefficient (Wildman–Crippen LogP) is 3.98. The average Bonchev–Trinajstić information content (AvgIpc) is 3.32. The number of carbonyl (C=O) groups excluding carboxylic acids is 1. The highest BCUT2D eigenvalue weighted by atomic mass is 32.1. The highest BCUT2D eigenvalue weighted by Gasteiger charge is 2.22. The Morgan fingerprint density at radius 1 is 1.16 bits per heavy atom. The van der Waals surface area contributed by atoms with Crippen molar-refractivity contribution in [3.8, 4) is 0 Å². The molecule has 0 radical (unpaired) electrons. The summed E-state index contributed by atoms with van der Waals surface area (Å²) in [6.45, 7) is 5.36. The number of nitrogens with zero attached hydrogens (tertiary/aromatic N) is 2. The van der Waals surface area contributed by atoms with E-state index in [0.29, 0.717) is 37.9 Å².